The molecule has 0 heterocycles. The van der Waals surface area contributed by atoms with E-state index in [1.807, 2.05) is 6.92 Å². The van der Waals surface area contributed by atoms with Gasteiger partial charge >= 0.3 is 5.97 Å². The molecule has 14 heavy (non-hydrogen) atoms. The van der Waals surface area contributed by atoms with E-state index in [0.29, 0.717) is 6.61 Å². The standard InChI is InChI=1S/C11H18O3/c1-3-14-11(13)10-6-4-9(5-7-10)8(2)12/h9-10H,3-7H2,1-2H3. The number of esters is 1. The lowest BCUT2D eigenvalue weighted by Gasteiger charge is -2.25. The number of hydrogen-bond acceptors (Lipinski definition) is 3. The van der Waals surface area contributed by atoms with Crippen molar-refractivity contribution in [2.75, 3.05) is 6.61 Å². The zero-order valence-electron chi connectivity index (χ0n) is 8.91. The normalized spacial score (nSPS) is 27.0. The van der Waals surface area contributed by atoms with Crippen LogP contribution in [0.5, 0.6) is 0 Å². The van der Waals surface area contributed by atoms with Crippen LogP contribution in [0, 0.1) is 11.8 Å². The van der Waals surface area contributed by atoms with E-state index < -0.39 is 0 Å². The van der Waals surface area contributed by atoms with Crippen molar-refractivity contribution >= 4 is 11.8 Å². The minimum Gasteiger partial charge on any atom is -0.466 e. The van der Waals surface area contributed by atoms with Gasteiger partial charge in [-0.2, -0.15) is 0 Å². The molecule has 3 heteroatoms. The molecule has 0 spiro atoms. The molecule has 0 aromatic rings. The number of carbonyl (C=O) groups is 2. The Hall–Kier alpha value is -0.860. The second-order valence-electron chi connectivity index (χ2n) is 3.91. The van der Waals surface area contributed by atoms with Gasteiger partial charge in [-0.1, -0.05) is 0 Å². The first-order valence-corrected chi connectivity index (χ1v) is 5.32. The molecule has 1 rings (SSSR count). The van der Waals surface area contributed by atoms with Crippen LogP contribution in [0.3, 0.4) is 0 Å². The molecule has 0 amide bonds. The van der Waals surface area contributed by atoms with E-state index in [1.54, 1.807) is 6.92 Å². The summed E-state index contributed by atoms with van der Waals surface area (Å²) >= 11 is 0. The number of Topliss-reactive ketones (excluding diaryl/α,β-unsaturated/α-hetero) is 1. The van der Waals surface area contributed by atoms with Gasteiger partial charge in [0.25, 0.3) is 0 Å². The summed E-state index contributed by atoms with van der Waals surface area (Å²) in [6.07, 6.45) is 3.31. The van der Waals surface area contributed by atoms with Crippen molar-refractivity contribution in [3.05, 3.63) is 0 Å². The van der Waals surface area contributed by atoms with Crippen molar-refractivity contribution in [1.82, 2.24) is 0 Å². The van der Waals surface area contributed by atoms with Crippen molar-refractivity contribution in [1.29, 1.82) is 0 Å². The van der Waals surface area contributed by atoms with Gasteiger partial charge in [0, 0.05) is 5.92 Å². The molecule has 80 valence electrons. The third kappa shape index (κ3) is 2.82. The van der Waals surface area contributed by atoms with E-state index in [2.05, 4.69) is 0 Å². The molecule has 0 aromatic carbocycles. The van der Waals surface area contributed by atoms with E-state index in [4.69, 9.17) is 4.74 Å². The summed E-state index contributed by atoms with van der Waals surface area (Å²) in [7, 11) is 0. The van der Waals surface area contributed by atoms with Crippen LogP contribution in [0.4, 0.5) is 0 Å². The second kappa shape index (κ2) is 5.13. The SMILES string of the molecule is CCOC(=O)C1CCC(C(C)=O)CC1. The Labute approximate surface area is 84.8 Å². The maximum absolute atomic E-state index is 11.4. The molecular weight excluding hydrogens is 180 g/mol. The lowest BCUT2D eigenvalue weighted by molar-refractivity contribution is -0.150. The summed E-state index contributed by atoms with van der Waals surface area (Å²) in [5.74, 6) is 0.382. The minimum absolute atomic E-state index is 0.0329. The van der Waals surface area contributed by atoms with Gasteiger partial charge in [-0.15, -0.1) is 0 Å². The Morgan fingerprint density at radius 2 is 1.64 bits per heavy atom. The molecule has 0 saturated heterocycles. The number of ether oxygens (including phenoxy) is 1. The number of carbonyl (C=O) groups excluding carboxylic acids is 2. The van der Waals surface area contributed by atoms with Crippen LogP contribution < -0.4 is 0 Å². The van der Waals surface area contributed by atoms with Crippen molar-refractivity contribution in [2.24, 2.45) is 11.8 Å². The highest BCUT2D eigenvalue weighted by atomic mass is 16.5. The van der Waals surface area contributed by atoms with E-state index in [0.717, 1.165) is 25.7 Å². The lowest BCUT2D eigenvalue weighted by Crippen LogP contribution is -2.26. The maximum atomic E-state index is 11.4. The molecular formula is C11H18O3. The Morgan fingerprint density at radius 3 is 2.07 bits per heavy atom. The van der Waals surface area contributed by atoms with E-state index in [-0.39, 0.29) is 23.6 Å². The van der Waals surface area contributed by atoms with Crippen LogP contribution in [0.1, 0.15) is 39.5 Å². The van der Waals surface area contributed by atoms with Gasteiger partial charge in [-0.05, 0) is 39.5 Å². The summed E-state index contributed by atoms with van der Waals surface area (Å²) < 4.78 is 4.95. The summed E-state index contributed by atoms with van der Waals surface area (Å²) in [4.78, 5) is 22.5. The second-order valence-corrected chi connectivity index (χ2v) is 3.91. The number of rotatable bonds is 3. The van der Waals surface area contributed by atoms with Crippen LogP contribution in [-0.4, -0.2) is 18.4 Å². The Bertz CT molecular complexity index is 215. The summed E-state index contributed by atoms with van der Waals surface area (Å²) in [5.41, 5.74) is 0. The Morgan fingerprint density at radius 1 is 1.14 bits per heavy atom. The Balaban J connectivity index is 2.35. The largest absolute Gasteiger partial charge is 0.466 e. The predicted molar refractivity (Wildman–Crippen MR) is 52.8 cm³/mol. The summed E-state index contributed by atoms with van der Waals surface area (Å²) in [6.45, 7) is 3.90. The van der Waals surface area contributed by atoms with E-state index >= 15 is 0 Å². The highest BCUT2D eigenvalue weighted by Gasteiger charge is 2.28. The molecule has 0 atom stereocenters. The highest BCUT2D eigenvalue weighted by Crippen LogP contribution is 2.29. The van der Waals surface area contributed by atoms with Crippen molar-refractivity contribution < 1.29 is 14.3 Å². The molecule has 0 N–H and O–H groups in total. The maximum Gasteiger partial charge on any atom is 0.308 e. The fourth-order valence-corrected chi connectivity index (χ4v) is 2.00. The average molecular weight is 198 g/mol. The van der Waals surface area contributed by atoms with Gasteiger partial charge in [-0.25, -0.2) is 0 Å². The van der Waals surface area contributed by atoms with Gasteiger partial charge < -0.3 is 4.74 Å². The third-order valence-corrected chi connectivity index (χ3v) is 2.92. The predicted octanol–water partition coefficient (Wildman–Crippen LogP) is 1.94. The van der Waals surface area contributed by atoms with Gasteiger partial charge in [0.1, 0.15) is 5.78 Å². The zero-order chi connectivity index (χ0) is 10.6. The molecule has 1 saturated carbocycles. The molecule has 0 bridgehead atoms. The minimum atomic E-state index is -0.0884. The van der Waals surface area contributed by atoms with Gasteiger partial charge in [0.15, 0.2) is 0 Å². The van der Waals surface area contributed by atoms with Crippen molar-refractivity contribution in [2.45, 2.75) is 39.5 Å². The van der Waals surface area contributed by atoms with Gasteiger partial charge in [-0.3, -0.25) is 9.59 Å². The molecule has 3 nitrogen and oxygen atoms in total. The smallest absolute Gasteiger partial charge is 0.308 e. The molecule has 0 unspecified atom stereocenters. The topological polar surface area (TPSA) is 43.4 Å². The number of hydrogen-bond donors (Lipinski definition) is 0. The third-order valence-electron chi connectivity index (χ3n) is 2.92. The summed E-state index contributed by atoms with van der Waals surface area (Å²) in [6, 6.07) is 0. The monoisotopic (exact) mass is 198 g/mol. The zero-order valence-corrected chi connectivity index (χ0v) is 8.91. The van der Waals surface area contributed by atoms with Gasteiger partial charge in [0.05, 0.1) is 12.5 Å². The average Bonchev–Trinajstić information content (AvgIpc) is 2.18. The van der Waals surface area contributed by atoms with E-state index in [1.165, 1.54) is 0 Å². The highest BCUT2D eigenvalue weighted by molar-refractivity contribution is 5.79. The first-order chi connectivity index (χ1) is 6.65. The van der Waals surface area contributed by atoms with Crippen molar-refractivity contribution in [3.8, 4) is 0 Å². The number of ketones is 1. The van der Waals surface area contributed by atoms with E-state index in [9.17, 15) is 9.59 Å². The van der Waals surface area contributed by atoms with Crippen molar-refractivity contribution in [3.63, 3.8) is 0 Å². The van der Waals surface area contributed by atoms with Crippen LogP contribution in [0.25, 0.3) is 0 Å². The molecule has 1 aliphatic carbocycles. The molecule has 0 aromatic heterocycles. The first-order valence-electron chi connectivity index (χ1n) is 5.32. The molecule has 1 fully saturated rings. The van der Waals surface area contributed by atoms with Crippen LogP contribution >= 0.6 is 0 Å². The Kier molecular flexibility index (Phi) is 4.11. The fourth-order valence-electron chi connectivity index (χ4n) is 2.00. The molecule has 1 aliphatic rings. The van der Waals surface area contributed by atoms with Crippen LogP contribution in [0.15, 0.2) is 0 Å². The summed E-state index contributed by atoms with van der Waals surface area (Å²) in [5, 5.41) is 0. The molecule has 0 radical (unpaired) electrons. The first kappa shape index (κ1) is 11.2. The molecule has 0 aliphatic heterocycles. The van der Waals surface area contributed by atoms with Gasteiger partial charge in [0.2, 0.25) is 0 Å². The lowest BCUT2D eigenvalue weighted by atomic mass is 9.80. The van der Waals surface area contributed by atoms with Crippen LogP contribution in [0.2, 0.25) is 0 Å². The quantitative estimate of drug-likeness (QED) is 0.651. The fraction of sp³-hybridized carbons (Fsp3) is 0.818. The van der Waals surface area contributed by atoms with Crippen LogP contribution in [-0.2, 0) is 14.3 Å².